The van der Waals surface area contributed by atoms with Gasteiger partial charge in [0.1, 0.15) is 0 Å². The Labute approximate surface area is 124 Å². The highest BCUT2D eigenvalue weighted by Gasteiger charge is 2.55. The van der Waals surface area contributed by atoms with Crippen LogP contribution in [0.4, 0.5) is 0 Å². The van der Waals surface area contributed by atoms with Crippen LogP contribution >= 0.6 is 0 Å². The lowest BCUT2D eigenvalue weighted by Gasteiger charge is -2.27. The fraction of sp³-hybridized carbons (Fsp3) is 0.357. The van der Waals surface area contributed by atoms with Crippen LogP contribution in [0.15, 0.2) is 18.2 Å². The van der Waals surface area contributed by atoms with Gasteiger partial charge in [0.2, 0.25) is 0 Å². The average Bonchev–Trinajstić information content (AvgIpc) is 2.29. The summed E-state index contributed by atoms with van der Waals surface area (Å²) in [4.78, 5) is 34.3. The molecule has 0 bridgehead atoms. The highest BCUT2D eigenvalue weighted by Crippen LogP contribution is 2.16. The van der Waals surface area contributed by atoms with Crippen LogP contribution in [-0.2, 0) is 27.7 Å². The molecule has 6 nitrogen and oxygen atoms in total. The molecule has 0 unspecified atom stereocenters. The maximum absolute atomic E-state index is 11.4. The lowest BCUT2D eigenvalue weighted by atomic mass is 10.1. The van der Waals surface area contributed by atoms with Crippen molar-refractivity contribution in [3.63, 3.8) is 0 Å². The Morgan fingerprint density at radius 1 is 0.857 bits per heavy atom. The number of rotatable bonds is 4. The van der Waals surface area contributed by atoms with Crippen molar-refractivity contribution < 1.29 is 27.7 Å². The summed E-state index contributed by atoms with van der Waals surface area (Å²) < 4.78 is 15.6. The van der Waals surface area contributed by atoms with Crippen LogP contribution < -0.4 is 5.19 Å². The van der Waals surface area contributed by atoms with E-state index >= 15 is 0 Å². The summed E-state index contributed by atoms with van der Waals surface area (Å²) in [5, 5.41) is 0.420. The minimum absolute atomic E-state index is 0.420. The molecular formula is C14H18O6Si. The first-order valence-electron chi connectivity index (χ1n) is 6.33. The highest BCUT2D eigenvalue weighted by atomic mass is 28.4. The van der Waals surface area contributed by atoms with Crippen molar-refractivity contribution in [2.24, 2.45) is 0 Å². The number of hydrogen-bond donors (Lipinski definition) is 0. The van der Waals surface area contributed by atoms with E-state index in [9.17, 15) is 14.4 Å². The van der Waals surface area contributed by atoms with Gasteiger partial charge in [-0.3, -0.25) is 14.4 Å². The molecule has 0 aromatic heterocycles. The van der Waals surface area contributed by atoms with Gasteiger partial charge in [0.15, 0.2) is 0 Å². The zero-order chi connectivity index (χ0) is 16.2. The molecule has 0 aliphatic heterocycles. The van der Waals surface area contributed by atoms with Crippen molar-refractivity contribution in [1.82, 2.24) is 0 Å². The van der Waals surface area contributed by atoms with E-state index in [1.807, 2.05) is 13.0 Å². The first-order valence-corrected chi connectivity index (χ1v) is 8.06. The van der Waals surface area contributed by atoms with Crippen molar-refractivity contribution in [2.45, 2.75) is 34.6 Å². The van der Waals surface area contributed by atoms with Crippen LogP contribution in [0.2, 0.25) is 0 Å². The van der Waals surface area contributed by atoms with Crippen LogP contribution in [0.1, 0.15) is 31.9 Å². The number of aryl methyl sites for hydroxylation is 1. The smallest absolute Gasteiger partial charge is 0.452 e. The van der Waals surface area contributed by atoms with Crippen molar-refractivity contribution in [3.8, 4) is 0 Å². The minimum atomic E-state index is -3.99. The standard InChI is InChI=1S/C14H18O6Si/c1-9-7-6-8-14(10(9)2)21(18-11(3)15,19-12(4)16)20-13(5)17/h6-8H,1-5H3. The molecule has 0 saturated carbocycles. The molecule has 0 aliphatic carbocycles. The van der Waals surface area contributed by atoms with Crippen LogP contribution in [0.5, 0.6) is 0 Å². The Morgan fingerprint density at radius 2 is 1.29 bits per heavy atom. The van der Waals surface area contributed by atoms with Gasteiger partial charge in [0.25, 0.3) is 17.9 Å². The molecule has 21 heavy (non-hydrogen) atoms. The van der Waals surface area contributed by atoms with E-state index in [2.05, 4.69) is 0 Å². The van der Waals surface area contributed by atoms with Crippen LogP contribution in [0.3, 0.4) is 0 Å². The number of benzene rings is 1. The molecule has 1 aromatic rings. The molecule has 0 amide bonds. The molecule has 0 atom stereocenters. The molecule has 1 rings (SSSR count). The van der Waals surface area contributed by atoms with Crippen molar-refractivity contribution in [3.05, 3.63) is 29.3 Å². The average molecular weight is 310 g/mol. The van der Waals surface area contributed by atoms with E-state index in [1.54, 1.807) is 19.1 Å². The fourth-order valence-corrected chi connectivity index (χ4v) is 4.42. The van der Waals surface area contributed by atoms with E-state index in [4.69, 9.17) is 13.3 Å². The zero-order valence-corrected chi connectivity index (χ0v) is 13.7. The summed E-state index contributed by atoms with van der Waals surface area (Å²) in [6.07, 6.45) is 0. The second-order valence-electron chi connectivity index (χ2n) is 4.58. The van der Waals surface area contributed by atoms with E-state index in [-0.39, 0.29) is 0 Å². The molecule has 114 valence electrons. The first kappa shape index (κ1) is 16.9. The number of carbonyl (C=O) groups is 3. The minimum Gasteiger partial charge on any atom is -0.452 e. The number of carbonyl (C=O) groups excluding carboxylic acids is 3. The molecule has 0 N–H and O–H groups in total. The van der Waals surface area contributed by atoms with Gasteiger partial charge < -0.3 is 13.3 Å². The quantitative estimate of drug-likeness (QED) is 0.776. The summed E-state index contributed by atoms with van der Waals surface area (Å²) >= 11 is 0. The van der Waals surface area contributed by atoms with Gasteiger partial charge in [-0.05, 0) is 25.0 Å². The molecule has 0 radical (unpaired) electrons. The third-order valence-corrected chi connectivity index (χ3v) is 5.64. The number of hydrogen-bond acceptors (Lipinski definition) is 6. The molecule has 0 aliphatic rings. The van der Waals surface area contributed by atoms with Crippen LogP contribution in [0, 0.1) is 13.8 Å². The molecule has 0 heterocycles. The van der Waals surface area contributed by atoms with Crippen molar-refractivity contribution >= 4 is 31.9 Å². The lowest BCUT2D eigenvalue weighted by Crippen LogP contribution is -2.60. The summed E-state index contributed by atoms with van der Waals surface area (Å²) in [6, 6.07) is 5.20. The summed E-state index contributed by atoms with van der Waals surface area (Å²) in [6.45, 7) is 7.13. The molecule has 7 heteroatoms. The van der Waals surface area contributed by atoms with Gasteiger partial charge in [-0.1, -0.05) is 18.2 Å². The topological polar surface area (TPSA) is 78.9 Å². The van der Waals surface area contributed by atoms with Gasteiger partial charge in [0.05, 0.1) is 5.19 Å². The van der Waals surface area contributed by atoms with E-state index in [0.717, 1.165) is 11.1 Å². The van der Waals surface area contributed by atoms with Gasteiger partial charge in [0, 0.05) is 20.8 Å². The van der Waals surface area contributed by atoms with E-state index < -0.39 is 26.7 Å². The van der Waals surface area contributed by atoms with E-state index in [0.29, 0.717) is 5.19 Å². The van der Waals surface area contributed by atoms with Gasteiger partial charge in [-0.2, -0.15) is 0 Å². The monoisotopic (exact) mass is 310 g/mol. The second-order valence-corrected chi connectivity index (χ2v) is 6.85. The predicted octanol–water partition coefficient (Wildman–Crippen LogP) is 1.14. The third-order valence-electron chi connectivity index (χ3n) is 2.77. The van der Waals surface area contributed by atoms with Crippen LogP contribution in [-0.4, -0.2) is 26.7 Å². The molecule has 1 aromatic carbocycles. The maximum atomic E-state index is 11.4. The Morgan fingerprint density at radius 3 is 1.67 bits per heavy atom. The maximum Gasteiger partial charge on any atom is 0.743 e. The second kappa shape index (κ2) is 6.53. The first-order chi connectivity index (χ1) is 9.68. The highest BCUT2D eigenvalue weighted by molar-refractivity contribution is 6.79. The van der Waals surface area contributed by atoms with Gasteiger partial charge in [-0.15, -0.1) is 0 Å². The molecule has 0 spiro atoms. The molecular weight excluding hydrogens is 292 g/mol. The summed E-state index contributed by atoms with van der Waals surface area (Å²) in [5.74, 6) is -2.07. The zero-order valence-electron chi connectivity index (χ0n) is 12.7. The van der Waals surface area contributed by atoms with Crippen molar-refractivity contribution in [1.29, 1.82) is 0 Å². The third kappa shape index (κ3) is 4.15. The molecule has 0 fully saturated rings. The largest absolute Gasteiger partial charge is 0.743 e. The summed E-state index contributed by atoms with van der Waals surface area (Å²) in [5.41, 5.74) is 1.64. The lowest BCUT2D eigenvalue weighted by molar-refractivity contribution is -0.146. The Kier molecular flexibility index (Phi) is 5.26. The predicted molar refractivity (Wildman–Crippen MR) is 76.6 cm³/mol. The molecule has 0 saturated heterocycles. The summed E-state index contributed by atoms with van der Waals surface area (Å²) in [7, 11) is -3.99. The Balaban J connectivity index is 3.51. The van der Waals surface area contributed by atoms with Crippen LogP contribution in [0.25, 0.3) is 0 Å². The van der Waals surface area contributed by atoms with Gasteiger partial charge >= 0.3 is 8.80 Å². The van der Waals surface area contributed by atoms with Crippen molar-refractivity contribution in [2.75, 3.05) is 0 Å². The Bertz CT molecular complexity index is 540. The Hall–Kier alpha value is -2.15. The van der Waals surface area contributed by atoms with Gasteiger partial charge in [-0.25, -0.2) is 0 Å². The fourth-order valence-electron chi connectivity index (χ4n) is 1.88. The SMILES string of the molecule is CC(=O)O[Si](OC(C)=O)(OC(C)=O)c1cccc(C)c1C. The van der Waals surface area contributed by atoms with E-state index in [1.165, 1.54) is 20.8 Å². The normalized spacial score (nSPS) is 10.7.